The number of hydrogen-bond donors (Lipinski definition) is 3. The van der Waals surface area contributed by atoms with Gasteiger partial charge in [-0.25, -0.2) is 4.79 Å². The fourth-order valence-electron chi connectivity index (χ4n) is 1.45. The van der Waals surface area contributed by atoms with Gasteiger partial charge in [0.2, 0.25) is 0 Å². The van der Waals surface area contributed by atoms with E-state index in [1.54, 1.807) is 13.8 Å². The highest BCUT2D eigenvalue weighted by Crippen LogP contribution is 2.33. The van der Waals surface area contributed by atoms with Crippen LogP contribution in [0.3, 0.4) is 0 Å². The largest absolute Gasteiger partial charge is 0.447 e. The molecular weight excluding hydrogens is 275 g/mol. The van der Waals surface area contributed by atoms with Crippen molar-refractivity contribution in [1.82, 2.24) is 0 Å². The van der Waals surface area contributed by atoms with Crippen LogP contribution in [-0.2, 0) is 10.9 Å². The van der Waals surface area contributed by atoms with Crippen LogP contribution in [0.2, 0.25) is 0 Å². The van der Waals surface area contributed by atoms with E-state index in [-0.39, 0.29) is 5.69 Å². The normalized spacial score (nSPS) is 11.3. The van der Waals surface area contributed by atoms with Crippen LogP contribution in [0.25, 0.3) is 0 Å². The molecule has 1 aromatic rings. The van der Waals surface area contributed by atoms with E-state index >= 15 is 0 Å². The predicted molar refractivity (Wildman–Crippen MR) is 67.7 cm³/mol. The van der Waals surface area contributed by atoms with Gasteiger partial charge in [-0.2, -0.15) is 13.2 Å². The first-order chi connectivity index (χ1) is 9.11. The Morgan fingerprint density at radius 2 is 2.00 bits per heavy atom. The Hall–Kier alpha value is -2.25. The zero-order chi connectivity index (χ0) is 15.5. The average molecular weight is 289 g/mol. The molecule has 110 valence electrons. The van der Waals surface area contributed by atoms with Crippen LogP contribution in [0.4, 0.5) is 23.7 Å². The molecule has 0 aliphatic heterocycles. The lowest BCUT2D eigenvalue weighted by molar-refractivity contribution is -0.137. The number of halogens is 3. The zero-order valence-corrected chi connectivity index (χ0v) is 10.8. The summed E-state index contributed by atoms with van der Waals surface area (Å²) in [5.41, 5.74) is 3.48. The third-order valence-electron chi connectivity index (χ3n) is 2.20. The lowest BCUT2D eigenvalue weighted by Crippen LogP contribution is -2.21. The van der Waals surface area contributed by atoms with E-state index in [1.807, 2.05) is 0 Å². The second-order valence-electron chi connectivity index (χ2n) is 4.25. The van der Waals surface area contributed by atoms with E-state index < -0.39 is 35.3 Å². The molecule has 4 N–H and O–H groups in total. The van der Waals surface area contributed by atoms with Gasteiger partial charge in [0.25, 0.3) is 0 Å². The highest BCUT2D eigenvalue weighted by molar-refractivity contribution is 5.97. The molecule has 8 heteroatoms. The number of benzene rings is 1. The zero-order valence-electron chi connectivity index (χ0n) is 10.8. The van der Waals surface area contributed by atoms with Gasteiger partial charge in [0.1, 0.15) is 5.84 Å². The van der Waals surface area contributed by atoms with Crippen molar-refractivity contribution in [2.24, 2.45) is 5.73 Å². The minimum Gasteiger partial charge on any atom is -0.447 e. The Morgan fingerprint density at radius 1 is 1.40 bits per heavy atom. The van der Waals surface area contributed by atoms with Crippen LogP contribution in [0, 0.1) is 5.41 Å². The molecule has 1 amide bonds. The summed E-state index contributed by atoms with van der Waals surface area (Å²) in [6.07, 6.45) is -5.93. The third kappa shape index (κ3) is 4.15. The molecule has 0 aliphatic rings. The number of alkyl halides is 3. The van der Waals surface area contributed by atoms with Gasteiger partial charge in [0.05, 0.1) is 11.7 Å². The molecule has 0 bridgehead atoms. The van der Waals surface area contributed by atoms with Crippen molar-refractivity contribution in [3.05, 3.63) is 29.3 Å². The SMILES string of the molecule is CC(C)OC(=O)Nc1ccc(C(=N)N)c(C(F)(F)F)c1. The maximum atomic E-state index is 12.8. The fraction of sp³-hybridized carbons (Fsp3) is 0.333. The van der Waals surface area contributed by atoms with E-state index in [0.717, 1.165) is 6.07 Å². The molecule has 0 radical (unpaired) electrons. The molecule has 5 nitrogen and oxygen atoms in total. The number of nitrogens with one attached hydrogen (secondary N) is 2. The van der Waals surface area contributed by atoms with Crippen molar-refractivity contribution in [2.75, 3.05) is 5.32 Å². The van der Waals surface area contributed by atoms with Gasteiger partial charge in [-0.05, 0) is 32.0 Å². The summed E-state index contributed by atoms with van der Waals surface area (Å²) in [5, 5.41) is 9.31. The Balaban J connectivity index is 3.08. The van der Waals surface area contributed by atoms with Crippen molar-refractivity contribution in [3.8, 4) is 0 Å². The number of hydrogen-bond acceptors (Lipinski definition) is 3. The van der Waals surface area contributed by atoms with Crippen LogP contribution in [-0.4, -0.2) is 18.0 Å². The highest BCUT2D eigenvalue weighted by Gasteiger charge is 2.34. The molecule has 0 saturated heterocycles. The molecule has 1 aromatic carbocycles. The summed E-state index contributed by atoms with van der Waals surface area (Å²) in [6, 6.07) is 2.95. The molecule has 0 heterocycles. The van der Waals surface area contributed by atoms with Gasteiger partial charge in [-0.15, -0.1) is 0 Å². The number of rotatable bonds is 3. The molecule has 20 heavy (non-hydrogen) atoms. The summed E-state index contributed by atoms with van der Waals surface area (Å²) in [7, 11) is 0. The molecule has 1 rings (SSSR count). The van der Waals surface area contributed by atoms with Crippen molar-refractivity contribution < 1.29 is 22.7 Å². The highest BCUT2D eigenvalue weighted by atomic mass is 19.4. The summed E-state index contributed by atoms with van der Waals surface area (Å²) in [4.78, 5) is 11.3. The molecule has 0 aromatic heterocycles. The first-order valence-corrected chi connectivity index (χ1v) is 5.64. The second kappa shape index (κ2) is 5.81. The number of amides is 1. The van der Waals surface area contributed by atoms with E-state index in [4.69, 9.17) is 15.9 Å². The van der Waals surface area contributed by atoms with Crippen LogP contribution in [0.1, 0.15) is 25.0 Å². The summed E-state index contributed by atoms with van der Waals surface area (Å²) in [6.45, 7) is 3.22. The molecule has 0 atom stereocenters. The minimum atomic E-state index is -4.68. The number of carbonyl (C=O) groups is 1. The van der Waals surface area contributed by atoms with E-state index in [0.29, 0.717) is 6.07 Å². The van der Waals surface area contributed by atoms with Crippen molar-refractivity contribution in [1.29, 1.82) is 5.41 Å². The van der Waals surface area contributed by atoms with Gasteiger partial charge in [0, 0.05) is 11.3 Å². The van der Waals surface area contributed by atoms with Gasteiger partial charge >= 0.3 is 12.3 Å². The van der Waals surface area contributed by atoms with Crippen LogP contribution in [0.15, 0.2) is 18.2 Å². The molecular formula is C12H14F3N3O2. The number of nitrogens with two attached hydrogens (primary N) is 1. The first kappa shape index (κ1) is 15.8. The van der Waals surface area contributed by atoms with Crippen molar-refractivity contribution >= 4 is 17.6 Å². The molecule has 0 spiro atoms. The monoisotopic (exact) mass is 289 g/mol. The van der Waals surface area contributed by atoms with E-state index in [9.17, 15) is 18.0 Å². The van der Waals surface area contributed by atoms with Gasteiger partial charge in [0.15, 0.2) is 0 Å². The smallest absolute Gasteiger partial charge is 0.417 e. The van der Waals surface area contributed by atoms with Crippen LogP contribution >= 0.6 is 0 Å². The summed E-state index contributed by atoms with van der Waals surface area (Å²) in [5.74, 6) is -0.700. The fourth-order valence-corrected chi connectivity index (χ4v) is 1.45. The quantitative estimate of drug-likeness (QED) is 0.590. The lowest BCUT2D eigenvalue weighted by atomic mass is 10.1. The summed E-state index contributed by atoms with van der Waals surface area (Å²) >= 11 is 0. The van der Waals surface area contributed by atoms with E-state index in [2.05, 4.69) is 5.32 Å². The Morgan fingerprint density at radius 3 is 2.45 bits per heavy atom. The Kier molecular flexibility index (Phi) is 4.59. The van der Waals surface area contributed by atoms with Crippen LogP contribution < -0.4 is 11.1 Å². The Labute approximate surface area is 113 Å². The molecule has 0 aliphatic carbocycles. The lowest BCUT2D eigenvalue weighted by Gasteiger charge is -2.14. The number of anilines is 1. The maximum Gasteiger partial charge on any atom is 0.417 e. The second-order valence-corrected chi connectivity index (χ2v) is 4.25. The van der Waals surface area contributed by atoms with Crippen molar-refractivity contribution in [3.63, 3.8) is 0 Å². The standard InChI is InChI=1S/C12H14F3N3O2/c1-6(2)20-11(19)18-7-3-4-8(10(16)17)9(5-7)12(13,14)15/h3-6H,1-2H3,(H3,16,17)(H,18,19). The van der Waals surface area contributed by atoms with Gasteiger partial charge in [-0.3, -0.25) is 10.7 Å². The van der Waals surface area contributed by atoms with Crippen molar-refractivity contribution in [2.45, 2.75) is 26.1 Å². The number of amidine groups is 1. The topological polar surface area (TPSA) is 88.2 Å². The summed E-state index contributed by atoms with van der Waals surface area (Å²) < 4.78 is 43.3. The Bertz CT molecular complexity index is 527. The number of nitrogen functional groups attached to an aromatic ring is 1. The van der Waals surface area contributed by atoms with Gasteiger partial charge < -0.3 is 10.5 Å². The third-order valence-corrected chi connectivity index (χ3v) is 2.20. The predicted octanol–water partition coefficient (Wildman–Crippen LogP) is 2.95. The van der Waals surface area contributed by atoms with Crippen LogP contribution in [0.5, 0.6) is 0 Å². The number of ether oxygens (including phenoxy) is 1. The maximum absolute atomic E-state index is 12.8. The average Bonchev–Trinajstić information content (AvgIpc) is 2.25. The molecule has 0 fully saturated rings. The minimum absolute atomic E-state index is 0.0898. The van der Waals surface area contributed by atoms with E-state index in [1.165, 1.54) is 6.07 Å². The number of carbonyl (C=O) groups excluding carboxylic acids is 1. The molecule has 0 saturated carbocycles. The molecule has 0 unspecified atom stereocenters. The van der Waals surface area contributed by atoms with Gasteiger partial charge in [-0.1, -0.05) is 0 Å². The first-order valence-electron chi connectivity index (χ1n) is 5.64.